The molecule has 0 aliphatic rings. The Balaban J connectivity index is 1.64. The van der Waals surface area contributed by atoms with Crippen molar-refractivity contribution in [3.05, 3.63) is 71.8 Å². The molecule has 29 heavy (non-hydrogen) atoms. The van der Waals surface area contributed by atoms with Crippen molar-refractivity contribution in [2.75, 3.05) is 5.32 Å². The second-order valence-corrected chi connectivity index (χ2v) is 6.56. The highest BCUT2D eigenvalue weighted by Gasteiger charge is 2.08. The van der Waals surface area contributed by atoms with E-state index < -0.39 is 11.8 Å². The molecule has 0 saturated carbocycles. The van der Waals surface area contributed by atoms with Gasteiger partial charge in [-0.3, -0.25) is 30.6 Å². The van der Waals surface area contributed by atoms with E-state index in [-0.39, 0.29) is 23.9 Å². The molecule has 8 heteroatoms. The number of benzene rings is 2. The highest BCUT2D eigenvalue weighted by atomic mass is 32.1. The van der Waals surface area contributed by atoms with Crippen LogP contribution in [0.15, 0.2) is 60.7 Å². The van der Waals surface area contributed by atoms with Gasteiger partial charge in [0.05, 0.1) is 0 Å². The average Bonchev–Trinajstić information content (AvgIpc) is 2.71. The van der Waals surface area contributed by atoms with E-state index in [9.17, 15) is 14.4 Å². The van der Waals surface area contributed by atoms with Gasteiger partial charge >= 0.3 is 0 Å². The molecule has 0 aliphatic carbocycles. The molecule has 0 bridgehead atoms. The Morgan fingerprint density at radius 2 is 1.55 bits per heavy atom. The quantitative estimate of drug-likeness (QED) is 0.333. The molecule has 7 nitrogen and oxygen atoms in total. The van der Waals surface area contributed by atoms with E-state index in [1.807, 2.05) is 37.3 Å². The van der Waals surface area contributed by atoms with Gasteiger partial charge in [-0.1, -0.05) is 48.0 Å². The summed E-state index contributed by atoms with van der Waals surface area (Å²) in [5, 5.41) is 5.05. The summed E-state index contributed by atoms with van der Waals surface area (Å²) in [5.41, 5.74) is 7.44. The predicted molar refractivity (Wildman–Crippen MR) is 117 cm³/mol. The maximum Gasteiger partial charge on any atom is 0.250 e. The molecule has 0 saturated heterocycles. The zero-order chi connectivity index (χ0) is 21.1. The van der Waals surface area contributed by atoms with Gasteiger partial charge in [-0.05, 0) is 42.9 Å². The van der Waals surface area contributed by atoms with Crippen molar-refractivity contribution in [1.29, 1.82) is 0 Å². The van der Waals surface area contributed by atoms with Gasteiger partial charge in [-0.2, -0.15) is 0 Å². The Morgan fingerprint density at radius 1 is 0.897 bits per heavy atom. The van der Waals surface area contributed by atoms with E-state index in [0.717, 1.165) is 11.1 Å². The van der Waals surface area contributed by atoms with Gasteiger partial charge in [-0.15, -0.1) is 0 Å². The molecule has 2 rings (SSSR count). The van der Waals surface area contributed by atoms with E-state index in [1.165, 1.54) is 6.08 Å². The molecule has 150 valence electrons. The minimum Gasteiger partial charge on any atom is -0.326 e. The van der Waals surface area contributed by atoms with Gasteiger partial charge in [0.25, 0.3) is 0 Å². The minimum absolute atomic E-state index is 0.0147. The van der Waals surface area contributed by atoms with Gasteiger partial charge in [0.2, 0.25) is 17.7 Å². The monoisotopic (exact) mass is 410 g/mol. The SMILES string of the molecule is Cc1ccc(/C=C/C(=O)NC(=S)NNC(=O)CCC(=O)Nc2ccccc2)cc1. The third kappa shape index (κ3) is 8.81. The van der Waals surface area contributed by atoms with Crippen LogP contribution in [0.1, 0.15) is 24.0 Å². The molecule has 0 fully saturated rings. The third-order valence-electron chi connectivity index (χ3n) is 3.69. The summed E-state index contributed by atoms with van der Waals surface area (Å²) in [5.74, 6) is -1.14. The summed E-state index contributed by atoms with van der Waals surface area (Å²) in [6.45, 7) is 1.98. The molecule has 2 aromatic carbocycles. The Morgan fingerprint density at radius 3 is 2.24 bits per heavy atom. The van der Waals surface area contributed by atoms with Crippen molar-refractivity contribution in [3.63, 3.8) is 0 Å². The zero-order valence-electron chi connectivity index (χ0n) is 15.9. The number of hydrogen-bond acceptors (Lipinski definition) is 4. The van der Waals surface area contributed by atoms with E-state index in [0.29, 0.717) is 5.69 Å². The Bertz CT molecular complexity index is 896. The predicted octanol–water partition coefficient (Wildman–Crippen LogP) is 2.45. The highest BCUT2D eigenvalue weighted by Crippen LogP contribution is 2.06. The first-order valence-corrected chi connectivity index (χ1v) is 9.32. The molecule has 0 spiro atoms. The van der Waals surface area contributed by atoms with Crippen LogP contribution >= 0.6 is 12.2 Å². The molecular formula is C21H22N4O3S. The Kier molecular flexibility index (Phi) is 8.52. The molecule has 0 aliphatic heterocycles. The molecule has 0 unspecified atom stereocenters. The largest absolute Gasteiger partial charge is 0.326 e. The number of anilines is 1. The van der Waals surface area contributed by atoms with E-state index in [2.05, 4.69) is 21.5 Å². The molecule has 2 aromatic rings. The highest BCUT2D eigenvalue weighted by molar-refractivity contribution is 7.80. The number of carbonyl (C=O) groups excluding carboxylic acids is 3. The number of rotatable bonds is 6. The fraction of sp³-hybridized carbons (Fsp3) is 0.143. The summed E-state index contributed by atoms with van der Waals surface area (Å²) in [6.07, 6.45) is 2.98. The van der Waals surface area contributed by atoms with Crippen LogP contribution in [0.5, 0.6) is 0 Å². The minimum atomic E-state index is -0.431. The van der Waals surface area contributed by atoms with Crippen LogP contribution in [0.4, 0.5) is 5.69 Å². The Labute approximate surface area is 174 Å². The van der Waals surface area contributed by atoms with Crippen LogP contribution < -0.4 is 21.5 Å². The summed E-state index contributed by atoms with van der Waals surface area (Å²) < 4.78 is 0. The van der Waals surface area contributed by atoms with Gasteiger partial charge < -0.3 is 5.32 Å². The van der Waals surface area contributed by atoms with Gasteiger partial charge in [0, 0.05) is 24.6 Å². The maximum absolute atomic E-state index is 11.8. The summed E-state index contributed by atoms with van der Waals surface area (Å²) in [4.78, 5) is 35.4. The number of hydrazine groups is 1. The van der Waals surface area contributed by atoms with Gasteiger partial charge in [0.1, 0.15) is 0 Å². The molecule has 4 N–H and O–H groups in total. The molecule has 0 aromatic heterocycles. The molecule has 0 heterocycles. The summed E-state index contributed by atoms with van der Waals surface area (Å²) in [7, 11) is 0. The smallest absolute Gasteiger partial charge is 0.250 e. The van der Waals surface area contributed by atoms with Crippen molar-refractivity contribution in [1.82, 2.24) is 16.2 Å². The number of thiocarbonyl (C=S) groups is 1. The van der Waals surface area contributed by atoms with Crippen LogP contribution in [0.2, 0.25) is 0 Å². The summed E-state index contributed by atoms with van der Waals surface area (Å²) in [6, 6.07) is 16.6. The lowest BCUT2D eigenvalue weighted by atomic mass is 10.1. The average molecular weight is 410 g/mol. The number of para-hydroxylation sites is 1. The molecular weight excluding hydrogens is 388 g/mol. The first kappa shape index (κ1) is 21.8. The lowest BCUT2D eigenvalue weighted by Crippen LogP contribution is -2.48. The van der Waals surface area contributed by atoms with Crippen molar-refractivity contribution in [3.8, 4) is 0 Å². The lowest BCUT2D eigenvalue weighted by Gasteiger charge is -2.10. The van der Waals surface area contributed by atoms with Crippen LogP contribution in [0.25, 0.3) is 6.08 Å². The van der Waals surface area contributed by atoms with Crippen LogP contribution in [0, 0.1) is 6.92 Å². The van der Waals surface area contributed by atoms with Crippen LogP contribution in [-0.4, -0.2) is 22.8 Å². The van der Waals surface area contributed by atoms with E-state index >= 15 is 0 Å². The van der Waals surface area contributed by atoms with E-state index in [4.69, 9.17) is 12.2 Å². The number of carbonyl (C=O) groups is 3. The summed E-state index contributed by atoms with van der Waals surface area (Å²) >= 11 is 4.95. The van der Waals surface area contributed by atoms with Crippen molar-refractivity contribution < 1.29 is 14.4 Å². The maximum atomic E-state index is 11.8. The zero-order valence-corrected chi connectivity index (χ0v) is 16.7. The second-order valence-electron chi connectivity index (χ2n) is 6.15. The number of hydrogen-bond donors (Lipinski definition) is 4. The second kappa shape index (κ2) is 11.4. The molecule has 0 radical (unpaired) electrons. The number of amides is 3. The van der Waals surface area contributed by atoms with Crippen LogP contribution in [0.3, 0.4) is 0 Å². The van der Waals surface area contributed by atoms with Crippen LogP contribution in [-0.2, 0) is 14.4 Å². The fourth-order valence-electron chi connectivity index (χ4n) is 2.20. The Hall–Kier alpha value is -3.52. The first-order valence-electron chi connectivity index (χ1n) is 8.92. The number of aryl methyl sites for hydroxylation is 1. The molecule has 3 amide bonds. The van der Waals surface area contributed by atoms with E-state index in [1.54, 1.807) is 30.3 Å². The third-order valence-corrected chi connectivity index (χ3v) is 3.90. The van der Waals surface area contributed by atoms with Gasteiger partial charge in [0.15, 0.2) is 5.11 Å². The topological polar surface area (TPSA) is 99.3 Å². The van der Waals surface area contributed by atoms with Crippen molar-refractivity contribution in [2.45, 2.75) is 19.8 Å². The number of nitrogens with one attached hydrogen (secondary N) is 4. The van der Waals surface area contributed by atoms with Crippen molar-refractivity contribution in [2.24, 2.45) is 0 Å². The van der Waals surface area contributed by atoms with Crippen molar-refractivity contribution >= 4 is 46.8 Å². The standard InChI is InChI=1S/C21H22N4O3S/c1-15-7-9-16(10-8-15)11-12-19(27)23-21(29)25-24-20(28)14-13-18(26)22-17-5-3-2-4-6-17/h2-12H,13-14H2,1H3,(H,22,26)(H,24,28)(H2,23,25,27,29)/b12-11+. The first-order chi connectivity index (χ1) is 13.9. The van der Waals surface area contributed by atoms with Gasteiger partial charge in [-0.25, -0.2) is 0 Å². The normalized spacial score (nSPS) is 10.2. The molecule has 0 atom stereocenters. The fourth-order valence-corrected chi connectivity index (χ4v) is 2.35. The lowest BCUT2D eigenvalue weighted by molar-refractivity contribution is -0.124.